The average molecular weight is 340 g/mol. The molecule has 7 nitrogen and oxygen atoms in total. The van der Waals surface area contributed by atoms with E-state index in [9.17, 15) is 18.0 Å². The molecule has 1 aromatic carbocycles. The zero-order valence-corrected chi connectivity index (χ0v) is 14.1. The van der Waals surface area contributed by atoms with Crippen molar-refractivity contribution >= 4 is 21.9 Å². The van der Waals surface area contributed by atoms with Gasteiger partial charge in [-0.1, -0.05) is 19.9 Å². The molecule has 0 aromatic heterocycles. The number of sulfonamides is 1. The second-order valence-electron chi connectivity index (χ2n) is 5.62. The Bertz CT molecular complexity index is 714. The molecule has 1 atom stereocenters. The molecular weight excluding hydrogens is 320 g/mol. The quantitative estimate of drug-likeness (QED) is 0.811. The summed E-state index contributed by atoms with van der Waals surface area (Å²) in [4.78, 5) is 23.6. The SMILES string of the molecule is COC(=O)c1cccc(S(=O)(=O)N2CCNC(=O)[C@@H]2C(C)C)c1. The predicted molar refractivity (Wildman–Crippen MR) is 83.3 cm³/mol. The van der Waals surface area contributed by atoms with E-state index in [2.05, 4.69) is 10.1 Å². The number of nitrogens with zero attached hydrogens (tertiary/aromatic N) is 1. The maximum Gasteiger partial charge on any atom is 0.337 e. The van der Waals surface area contributed by atoms with Crippen LogP contribution in [0.15, 0.2) is 29.2 Å². The number of nitrogens with one attached hydrogen (secondary N) is 1. The number of methoxy groups -OCH3 is 1. The zero-order valence-electron chi connectivity index (χ0n) is 13.3. The van der Waals surface area contributed by atoms with Crippen molar-refractivity contribution in [2.45, 2.75) is 24.8 Å². The average Bonchev–Trinajstić information content (AvgIpc) is 2.53. The minimum absolute atomic E-state index is 0.0271. The van der Waals surface area contributed by atoms with Gasteiger partial charge < -0.3 is 10.1 Å². The lowest BCUT2D eigenvalue weighted by atomic mass is 10.0. The molecule has 2 rings (SSSR count). The van der Waals surface area contributed by atoms with E-state index in [1.807, 2.05) is 0 Å². The summed E-state index contributed by atoms with van der Waals surface area (Å²) in [5.41, 5.74) is 0.149. The summed E-state index contributed by atoms with van der Waals surface area (Å²) in [6, 6.07) is 4.87. The minimum Gasteiger partial charge on any atom is -0.465 e. The van der Waals surface area contributed by atoms with E-state index >= 15 is 0 Å². The number of esters is 1. The predicted octanol–water partition coefficient (Wildman–Crippen LogP) is 0.618. The molecule has 0 bridgehead atoms. The summed E-state index contributed by atoms with van der Waals surface area (Å²) in [6.45, 7) is 4.04. The summed E-state index contributed by atoms with van der Waals surface area (Å²) in [5.74, 6) is -1.09. The Balaban J connectivity index is 2.44. The van der Waals surface area contributed by atoms with Gasteiger partial charge in [-0.15, -0.1) is 0 Å². The molecule has 1 N–H and O–H groups in total. The molecule has 126 valence electrons. The topological polar surface area (TPSA) is 92.8 Å². The largest absolute Gasteiger partial charge is 0.465 e. The summed E-state index contributed by atoms with van der Waals surface area (Å²) in [7, 11) is -2.66. The van der Waals surface area contributed by atoms with E-state index in [1.54, 1.807) is 13.8 Å². The van der Waals surface area contributed by atoms with Gasteiger partial charge in [-0.25, -0.2) is 13.2 Å². The Morgan fingerprint density at radius 1 is 1.39 bits per heavy atom. The Labute approximate surface area is 135 Å². The first-order valence-corrected chi connectivity index (χ1v) is 8.71. The molecule has 23 heavy (non-hydrogen) atoms. The smallest absolute Gasteiger partial charge is 0.337 e. The van der Waals surface area contributed by atoms with Crippen LogP contribution in [-0.2, 0) is 19.6 Å². The Morgan fingerprint density at radius 2 is 2.09 bits per heavy atom. The van der Waals surface area contributed by atoms with Crippen LogP contribution in [0.4, 0.5) is 0 Å². The first-order valence-electron chi connectivity index (χ1n) is 7.27. The van der Waals surface area contributed by atoms with E-state index in [-0.39, 0.29) is 35.4 Å². The van der Waals surface area contributed by atoms with Gasteiger partial charge in [0.05, 0.1) is 17.6 Å². The second-order valence-corrected chi connectivity index (χ2v) is 7.51. The molecule has 1 saturated heterocycles. The highest BCUT2D eigenvalue weighted by atomic mass is 32.2. The van der Waals surface area contributed by atoms with Crippen molar-refractivity contribution in [1.29, 1.82) is 0 Å². The zero-order chi connectivity index (χ0) is 17.2. The number of carbonyl (C=O) groups excluding carboxylic acids is 2. The van der Waals surface area contributed by atoms with E-state index < -0.39 is 22.0 Å². The number of benzene rings is 1. The number of ether oxygens (including phenoxy) is 1. The lowest BCUT2D eigenvalue weighted by Gasteiger charge is -2.36. The van der Waals surface area contributed by atoms with E-state index in [1.165, 1.54) is 35.7 Å². The van der Waals surface area contributed by atoms with Crippen LogP contribution in [0.5, 0.6) is 0 Å². The fourth-order valence-electron chi connectivity index (χ4n) is 2.61. The van der Waals surface area contributed by atoms with Crippen molar-refractivity contribution in [3.05, 3.63) is 29.8 Å². The molecule has 1 fully saturated rings. The molecule has 1 aromatic rings. The Hall–Kier alpha value is -1.93. The normalized spacial score (nSPS) is 19.5. The van der Waals surface area contributed by atoms with Crippen molar-refractivity contribution in [1.82, 2.24) is 9.62 Å². The van der Waals surface area contributed by atoms with Crippen LogP contribution in [0.25, 0.3) is 0 Å². The lowest BCUT2D eigenvalue weighted by molar-refractivity contribution is -0.128. The van der Waals surface area contributed by atoms with E-state index in [4.69, 9.17) is 0 Å². The van der Waals surface area contributed by atoms with Gasteiger partial charge in [-0.05, 0) is 24.1 Å². The molecule has 0 unspecified atom stereocenters. The molecule has 1 aliphatic rings. The number of piperazine rings is 1. The molecule has 0 saturated carbocycles. The molecule has 0 radical (unpaired) electrons. The highest BCUT2D eigenvalue weighted by molar-refractivity contribution is 7.89. The summed E-state index contributed by atoms with van der Waals surface area (Å²) in [5, 5.41) is 2.69. The first kappa shape index (κ1) is 17.4. The second kappa shape index (κ2) is 6.67. The summed E-state index contributed by atoms with van der Waals surface area (Å²) >= 11 is 0. The van der Waals surface area contributed by atoms with Gasteiger partial charge in [0.25, 0.3) is 0 Å². The molecule has 0 spiro atoms. The highest BCUT2D eigenvalue weighted by Gasteiger charge is 2.40. The Kier molecular flexibility index (Phi) is 5.06. The lowest BCUT2D eigenvalue weighted by Crippen LogP contribution is -2.59. The van der Waals surface area contributed by atoms with Crippen molar-refractivity contribution in [2.75, 3.05) is 20.2 Å². The number of hydrogen-bond acceptors (Lipinski definition) is 5. The molecular formula is C15H20N2O5S. The van der Waals surface area contributed by atoms with Gasteiger partial charge in [0.15, 0.2) is 0 Å². The van der Waals surface area contributed by atoms with Crippen LogP contribution in [0.1, 0.15) is 24.2 Å². The van der Waals surface area contributed by atoms with Crippen LogP contribution in [0.3, 0.4) is 0 Å². The van der Waals surface area contributed by atoms with Gasteiger partial charge in [0.1, 0.15) is 6.04 Å². The van der Waals surface area contributed by atoms with Crippen molar-refractivity contribution < 1.29 is 22.7 Å². The minimum atomic E-state index is -3.89. The van der Waals surface area contributed by atoms with Gasteiger partial charge in [0.2, 0.25) is 15.9 Å². The number of rotatable bonds is 4. The van der Waals surface area contributed by atoms with Gasteiger partial charge >= 0.3 is 5.97 Å². The fraction of sp³-hybridized carbons (Fsp3) is 0.467. The molecule has 1 heterocycles. The van der Waals surface area contributed by atoms with Crippen molar-refractivity contribution in [3.8, 4) is 0 Å². The van der Waals surface area contributed by atoms with Gasteiger partial charge in [0, 0.05) is 13.1 Å². The van der Waals surface area contributed by atoms with Crippen LogP contribution in [0.2, 0.25) is 0 Å². The third kappa shape index (κ3) is 3.37. The summed E-state index contributed by atoms with van der Waals surface area (Å²) in [6.07, 6.45) is 0. The van der Waals surface area contributed by atoms with Crippen LogP contribution in [-0.4, -0.2) is 50.8 Å². The maximum atomic E-state index is 12.9. The van der Waals surface area contributed by atoms with Crippen LogP contribution < -0.4 is 5.32 Å². The standard InChI is InChI=1S/C15H20N2O5S/c1-10(2)13-14(18)16-7-8-17(13)23(20,21)12-6-4-5-11(9-12)15(19)22-3/h4-6,9-10,13H,7-8H2,1-3H3,(H,16,18)/t13-/m0/s1. The van der Waals surface area contributed by atoms with Crippen molar-refractivity contribution in [2.24, 2.45) is 5.92 Å². The highest BCUT2D eigenvalue weighted by Crippen LogP contribution is 2.24. The Morgan fingerprint density at radius 3 is 2.70 bits per heavy atom. The number of amides is 1. The maximum absolute atomic E-state index is 12.9. The van der Waals surface area contributed by atoms with Crippen LogP contribution in [0, 0.1) is 5.92 Å². The summed E-state index contributed by atoms with van der Waals surface area (Å²) < 4.78 is 31.6. The number of carbonyl (C=O) groups is 2. The third-order valence-corrected chi connectivity index (χ3v) is 5.58. The third-order valence-electron chi connectivity index (χ3n) is 3.70. The van der Waals surface area contributed by atoms with E-state index in [0.29, 0.717) is 0 Å². The van der Waals surface area contributed by atoms with Crippen LogP contribution >= 0.6 is 0 Å². The molecule has 0 aliphatic carbocycles. The molecule has 1 aliphatic heterocycles. The molecule has 1 amide bonds. The van der Waals surface area contributed by atoms with Gasteiger partial charge in [-0.2, -0.15) is 4.31 Å². The monoisotopic (exact) mass is 340 g/mol. The van der Waals surface area contributed by atoms with Gasteiger partial charge in [-0.3, -0.25) is 4.79 Å². The number of hydrogen-bond donors (Lipinski definition) is 1. The van der Waals surface area contributed by atoms with Crippen molar-refractivity contribution in [3.63, 3.8) is 0 Å². The van der Waals surface area contributed by atoms with E-state index in [0.717, 1.165) is 0 Å². The first-order chi connectivity index (χ1) is 10.8. The molecule has 8 heteroatoms. The fourth-order valence-corrected chi connectivity index (χ4v) is 4.37.